The highest BCUT2D eigenvalue weighted by Crippen LogP contribution is 2.13. The predicted octanol–water partition coefficient (Wildman–Crippen LogP) is 6.65. The quantitative estimate of drug-likeness (QED) is 0.228. The number of carbonyl (C=O) groups excluding carboxylic acids is 1. The number of nitrogens with zero attached hydrogens (tertiary/aromatic N) is 1. The molecule has 0 bridgehead atoms. The topological polar surface area (TPSA) is 20.3 Å². The number of hydrogen-bond donors (Lipinski definition) is 0. The summed E-state index contributed by atoms with van der Waals surface area (Å²) in [6.45, 7) is 4.28. The molecule has 0 unspecified atom stereocenters. The molecule has 0 spiro atoms. The van der Waals surface area contributed by atoms with Gasteiger partial charge in [-0.2, -0.15) is 0 Å². The van der Waals surface area contributed by atoms with Crippen LogP contribution in [-0.2, 0) is 4.79 Å². The van der Waals surface area contributed by atoms with Gasteiger partial charge in [-0.1, -0.05) is 76.9 Å². The van der Waals surface area contributed by atoms with Gasteiger partial charge in [-0.05, 0) is 38.5 Å². The molecule has 0 aromatic carbocycles. The Morgan fingerprint density at radius 2 is 1.33 bits per heavy atom. The standard InChI is InChI=1S/C22H41NO/c1-2-3-4-5-6-7-8-9-10-11-12-13-14-15-16-17-20-23-21-18-19-22(23)24/h9-10H,2-8,11-21H2,1H3/b10-9-. The van der Waals surface area contributed by atoms with Crippen molar-refractivity contribution in [2.24, 2.45) is 0 Å². The van der Waals surface area contributed by atoms with Crippen LogP contribution in [0.25, 0.3) is 0 Å². The summed E-state index contributed by atoms with van der Waals surface area (Å²) >= 11 is 0. The zero-order chi connectivity index (χ0) is 17.3. The maximum absolute atomic E-state index is 11.5. The van der Waals surface area contributed by atoms with Crippen LogP contribution >= 0.6 is 0 Å². The maximum Gasteiger partial charge on any atom is 0.222 e. The van der Waals surface area contributed by atoms with Gasteiger partial charge in [0.25, 0.3) is 0 Å². The molecule has 0 N–H and O–H groups in total. The van der Waals surface area contributed by atoms with Crippen molar-refractivity contribution in [3.8, 4) is 0 Å². The van der Waals surface area contributed by atoms with E-state index in [4.69, 9.17) is 0 Å². The normalized spacial score (nSPS) is 15.0. The van der Waals surface area contributed by atoms with Crippen molar-refractivity contribution in [1.29, 1.82) is 0 Å². The number of amides is 1. The smallest absolute Gasteiger partial charge is 0.222 e. The molecular weight excluding hydrogens is 294 g/mol. The van der Waals surface area contributed by atoms with Crippen LogP contribution in [0.5, 0.6) is 0 Å². The van der Waals surface area contributed by atoms with Gasteiger partial charge in [0.2, 0.25) is 5.91 Å². The molecule has 1 heterocycles. The van der Waals surface area contributed by atoms with Crippen LogP contribution in [0.1, 0.15) is 110 Å². The Kier molecular flexibility index (Phi) is 13.9. The van der Waals surface area contributed by atoms with Gasteiger partial charge in [0.15, 0.2) is 0 Å². The molecule has 0 saturated carbocycles. The van der Waals surface area contributed by atoms with E-state index in [0.29, 0.717) is 5.91 Å². The summed E-state index contributed by atoms with van der Waals surface area (Å²) in [6, 6.07) is 0. The van der Waals surface area contributed by atoms with Gasteiger partial charge in [0.1, 0.15) is 0 Å². The van der Waals surface area contributed by atoms with E-state index in [0.717, 1.165) is 25.9 Å². The van der Waals surface area contributed by atoms with E-state index in [1.54, 1.807) is 0 Å². The van der Waals surface area contributed by atoms with Gasteiger partial charge < -0.3 is 4.90 Å². The molecule has 0 aromatic rings. The third-order valence-electron chi connectivity index (χ3n) is 5.11. The molecule has 0 aromatic heterocycles. The van der Waals surface area contributed by atoms with Gasteiger partial charge in [0.05, 0.1) is 0 Å². The fourth-order valence-corrected chi connectivity index (χ4v) is 3.49. The zero-order valence-corrected chi connectivity index (χ0v) is 16.2. The van der Waals surface area contributed by atoms with Crippen molar-refractivity contribution in [3.05, 3.63) is 12.2 Å². The predicted molar refractivity (Wildman–Crippen MR) is 105 cm³/mol. The van der Waals surface area contributed by atoms with Crippen LogP contribution in [0.4, 0.5) is 0 Å². The van der Waals surface area contributed by atoms with Gasteiger partial charge in [-0.25, -0.2) is 0 Å². The van der Waals surface area contributed by atoms with E-state index in [1.165, 1.54) is 89.9 Å². The van der Waals surface area contributed by atoms with Crippen LogP contribution < -0.4 is 0 Å². The lowest BCUT2D eigenvalue weighted by Crippen LogP contribution is -2.25. The lowest BCUT2D eigenvalue weighted by molar-refractivity contribution is -0.127. The molecule has 2 nitrogen and oxygen atoms in total. The third kappa shape index (κ3) is 11.7. The number of unbranched alkanes of at least 4 members (excludes halogenated alkanes) is 12. The second-order valence-electron chi connectivity index (χ2n) is 7.42. The fourth-order valence-electron chi connectivity index (χ4n) is 3.49. The van der Waals surface area contributed by atoms with Gasteiger partial charge >= 0.3 is 0 Å². The van der Waals surface area contributed by atoms with Gasteiger partial charge in [-0.3, -0.25) is 4.79 Å². The van der Waals surface area contributed by atoms with Crippen molar-refractivity contribution < 1.29 is 4.79 Å². The van der Waals surface area contributed by atoms with Crippen molar-refractivity contribution in [2.75, 3.05) is 13.1 Å². The minimum Gasteiger partial charge on any atom is -0.343 e. The SMILES string of the molecule is CCCCCCCC/C=C\CCCCCCCCN1CCCC1=O. The molecule has 1 amide bonds. The van der Waals surface area contributed by atoms with E-state index in [9.17, 15) is 4.79 Å². The first kappa shape index (κ1) is 21.3. The molecule has 1 aliphatic heterocycles. The lowest BCUT2D eigenvalue weighted by Gasteiger charge is -2.14. The molecule has 1 fully saturated rings. The number of allylic oxidation sites excluding steroid dienone is 2. The van der Waals surface area contributed by atoms with E-state index in [1.807, 2.05) is 0 Å². The Morgan fingerprint density at radius 3 is 1.88 bits per heavy atom. The molecule has 0 aliphatic carbocycles. The summed E-state index contributed by atoms with van der Waals surface area (Å²) < 4.78 is 0. The zero-order valence-electron chi connectivity index (χ0n) is 16.2. The van der Waals surface area contributed by atoms with Gasteiger partial charge in [-0.15, -0.1) is 0 Å². The summed E-state index contributed by atoms with van der Waals surface area (Å²) in [5.41, 5.74) is 0. The lowest BCUT2D eigenvalue weighted by atomic mass is 10.1. The van der Waals surface area contributed by atoms with Crippen molar-refractivity contribution in [2.45, 2.75) is 110 Å². The van der Waals surface area contributed by atoms with E-state index in [-0.39, 0.29) is 0 Å². The minimum atomic E-state index is 0.378. The van der Waals surface area contributed by atoms with Gasteiger partial charge in [0, 0.05) is 19.5 Å². The fraction of sp³-hybridized carbons (Fsp3) is 0.864. The van der Waals surface area contributed by atoms with Crippen LogP contribution in [-0.4, -0.2) is 23.9 Å². The first-order valence-electron chi connectivity index (χ1n) is 10.8. The number of likely N-dealkylation sites (tertiary alicyclic amines) is 1. The molecule has 1 saturated heterocycles. The largest absolute Gasteiger partial charge is 0.343 e. The number of rotatable bonds is 16. The second kappa shape index (κ2) is 15.7. The first-order chi connectivity index (χ1) is 11.8. The summed E-state index contributed by atoms with van der Waals surface area (Å²) in [7, 11) is 0. The Labute approximate surface area is 151 Å². The van der Waals surface area contributed by atoms with Crippen LogP contribution in [0, 0.1) is 0 Å². The Bertz CT molecular complexity index is 324. The van der Waals surface area contributed by atoms with Crippen LogP contribution in [0.3, 0.4) is 0 Å². The molecule has 140 valence electrons. The molecule has 0 radical (unpaired) electrons. The third-order valence-corrected chi connectivity index (χ3v) is 5.11. The molecule has 0 atom stereocenters. The van der Waals surface area contributed by atoms with Crippen LogP contribution in [0.2, 0.25) is 0 Å². The Balaban J connectivity index is 1.74. The number of hydrogen-bond acceptors (Lipinski definition) is 1. The summed E-state index contributed by atoms with van der Waals surface area (Å²) in [6.07, 6.45) is 25.5. The Hall–Kier alpha value is -0.790. The average Bonchev–Trinajstić information content (AvgIpc) is 2.99. The van der Waals surface area contributed by atoms with E-state index in [2.05, 4.69) is 24.0 Å². The summed E-state index contributed by atoms with van der Waals surface area (Å²) in [5.74, 6) is 0.378. The maximum atomic E-state index is 11.5. The summed E-state index contributed by atoms with van der Waals surface area (Å²) in [4.78, 5) is 13.5. The van der Waals surface area contributed by atoms with Crippen molar-refractivity contribution in [3.63, 3.8) is 0 Å². The molecular formula is C22H41NO. The highest BCUT2D eigenvalue weighted by Gasteiger charge is 2.18. The minimum absolute atomic E-state index is 0.378. The highest BCUT2D eigenvalue weighted by molar-refractivity contribution is 5.77. The first-order valence-corrected chi connectivity index (χ1v) is 10.8. The number of carbonyl (C=O) groups is 1. The summed E-state index contributed by atoms with van der Waals surface area (Å²) in [5, 5.41) is 0. The molecule has 24 heavy (non-hydrogen) atoms. The van der Waals surface area contributed by atoms with Crippen molar-refractivity contribution >= 4 is 5.91 Å². The molecule has 1 aliphatic rings. The van der Waals surface area contributed by atoms with Crippen LogP contribution in [0.15, 0.2) is 12.2 Å². The monoisotopic (exact) mass is 335 g/mol. The van der Waals surface area contributed by atoms with E-state index >= 15 is 0 Å². The molecule has 1 rings (SSSR count). The Morgan fingerprint density at radius 1 is 0.792 bits per heavy atom. The second-order valence-corrected chi connectivity index (χ2v) is 7.42. The molecule has 2 heteroatoms. The average molecular weight is 336 g/mol. The van der Waals surface area contributed by atoms with E-state index < -0.39 is 0 Å². The van der Waals surface area contributed by atoms with Crippen molar-refractivity contribution in [1.82, 2.24) is 4.90 Å². The highest BCUT2D eigenvalue weighted by atomic mass is 16.2.